The molecule has 0 aliphatic carbocycles. The summed E-state index contributed by atoms with van der Waals surface area (Å²) >= 11 is 0. The normalized spacial score (nSPS) is 10.1. The van der Waals surface area contributed by atoms with Crippen molar-refractivity contribution in [3.05, 3.63) is 73.4 Å². The van der Waals surface area contributed by atoms with E-state index in [2.05, 4.69) is 19.7 Å². The van der Waals surface area contributed by atoms with E-state index in [0.717, 1.165) is 11.1 Å². The van der Waals surface area contributed by atoms with Gasteiger partial charge in [-0.25, -0.2) is 0 Å². The number of hydrogen-bond donors (Lipinski definition) is 0. The average molecular weight is 248 g/mol. The second kappa shape index (κ2) is 24.6. The first-order valence-electron chi connectivity index (χ1n) is 6.21. The highest BCUT2D eigenvalue weighted by Gasteiger charge is 1.93. The van der Waals surface area contributed by atoms with Gasteiger partial charge in [-0.1, -0.05) is 97.4 Å². The van der Waals surface area contributed by atoms with Gasteiger partial charge in [-0.2, -0.15) is 0 Å². The average Bonchev–Trinajstić information content (AvgIpc) is 2.42. The minimum Gasteiger partial charge on any atom is -0.0991 e. The molecule has 0 rings (SSSR count). The lowest BCUT2D eigenvalue weighted by Gasteiger charge is -2.00. The van der Waals surface area contributed by atoms with Crippen molar-refractivity contribution < 1.29 is 0 Å². The fourth-order valence-electron chi connectivity index (χ4n) is 0.940. The van der Waals surface area contributed by atoms with Crippen molar-refractivity contribution in [3.8, 4) is 0 Å². The van der Waals surface area contributed by atoms with Crippen LogP contribution in [-0.4, -0.2) is 0 Å². The Morgan fingerprint density at radius 1 is 0.833 bits per heavy atom. The third-order valence-corrected chi connectivity index (χ3v) is 1.57. The topological polar surface area (TPSA) is 0 Å². The summed E-state index contributed by atoms with van der Waals surface area (Å²) < 4.78 is 0. The molecule has 0 saturated carbocycles. The Labute approximate surface area is 116 Å². The number of allylic oxidation sites excluding steroid dienone is 9. The van der Waals surface area contributed by atoms with Gasteiger partial charge in [0.05, 0.1) is 0 Å². The zero-order valence-electron chi connectivity index (χ0n) is 12.2. The number of hydrogen-bond acceptors (Lipinski definition) is 0. The second-order valence-corrected chi connectivity index (χ2v) is 2.40. The van der Waals surface area contributed by atoms with Crippen LogP contribution in [-0.2, 0) is 0 Å². The summed E-state index contributed by atoms with van der Waals surface area (Å²) in [6.45, 7) is 21.0. The summed E-state index contributed by atoms with van der Waals surface area (Å²) in [4.78, 5) is 0. The van der Waals surface area contributed by atoms with Crippen molar-refractivity contribution in [2.75, 3.05) is 0 Å². The highest BCUT2D eigenvalue weighted by molar-refractivity contribution is 5.47. The summed E-state index contributed by atoms with van der Waals surface area (Å²) in [6, 6.07) is 0. The summed E-state index contributed by atoms with van der Waals surface area (Å²) in [5, 5.41) is 0. The maximum absolute atomic E-state index is 3.74. The molecule has 0 aliphatic heterocycles. The van der Waals surface area contributed by atoms with Gasteiger partial charge < -0.3 is 0 Å². The Kier molecular flexibility index (Phi) is 34.6. The van der Waals surface area contributed by atoms with Gasteiger partial charge in [-0.3, -0.25) is 0 Å². The first-order valence-corrected chi connectivity index (χ1v) is 6.21. The van der Waals surface area contributed by atoms with Crippen LogP contribution in [0.4, 0.5) is 0 Å². The van der Waals surface area contributed by atoms with E-state index >= 15 is 0 Å². The third kappa shape index (κ3) is 14.4. The molecule has 0 atom stereocenters. The Hall–Kier alpha value is -1.56. The minimum absolute atomic E-state index is 0. The van der Waals surface area contributed by atoms with Gasteiger partial charge >= 0.3 is 0 Å². The molecule has 0 aromatic carbocycles. The Balaban J connectivity index is -0.000000177. The summed E-state index contributed by atoms with van der Waals surface area (Å²) in [7, 11) is 0. The van der Waals surface area contributed by atoms with Crippen molar-refractivity contribution in [1.82, 2.24) is 0 Å². The predicted octanol–water partition coefficient (Wildman–Crippen LogP) is 6.66. The van der Waals surface area contributed by atoms with Crippen LogP contribution in [0, 0.1) is 0 Å². The van der Waals surface area contributed by atoms with Gasteiger partial charge in [0, 0.05) is 0 Å². The first-order chi connectivity index (χ1) is 8.29. The molecule has 0 amide bonds. The molecule has 0 aromatic heterocycles. The SMILES string of the molecule is C.C=C\C=C/C(=C\C)C(/C=C)=C/C=C.CC.CC. The highest BCUT2D eigenvalue weighted by Crippen LogP contribution is 2.12. The molecule has 0 aromatic rings. The molecule has 104 valence electrons. The highest BCUT2D eigenvalue weighted by atomic mass is 14.0. The maximum Gasteiger partial charge on any atom is -0.0193 e. The standard InChI is InChI=1S/C13H16.2C2H6.CH4/c1-5-9-11-13(8-4)12(7-3)10-6-2;2*1-2;/h5-11H,1-3H2,4H3;2*1-2H3;1H4/b11-9-,12-10+,13-8+;;;. The van der Waals surface area contributed by atoms with Crippen molar-refractivity contribution in [1.29, 1.82) is 0 Å². The molecule has 0 heteroatoms. The number of rotatable bonds is 5. The van der Waals surface area contributed by atoms with Crippen LogP contribution in [0.5, 0.6) is 0 Å². The second-order valence-electron chi connectivity index (χ2n) is 2.40. The fourth-order valence-corrected chi connectivity index (χ4v) is 0.940. The summed E-state index contributed by atoms with van der Waals surface area (Å²) in [5.41, 5.74) is 2.19. The van der Waals surface area contributed by atoms with Crippen LogP contribution < -0.4 is 0 Å². The smallest absolute Gasteiger partial charge is 0.0193 e. The zero-order chi connectivity index (χ0) is 14.1. The lowest BCUT2D eigenvalue weighted by Crippen LogP contribution is -1.80. The van der Waals surface area contributed by atoms with Crippen LogP contribution in [0.15, 0.2) is 73.4 Å². The predicted molar refractivity (Wildman–Crippen MR) is 91.0 cm³/mol. The summed E-state index contributed by atoms with van der Waals surface area (Å²) in [5.74, 6) is 0. The van der Waals surface area contributed by atoms with Gasteiger partial charge in [-0.15, -0.1) is 0 Å². The van der Waals surface area contributed by atoms with E-state index in [1.54, 1.807) is 12.2 Å². The fraction of sp³-hybridized carbons (Fsp3) is 0.333. The minimum atomic E-state index is 0. The molecular formula is C18H32. The molecule has 0 heterocycles. The van der Waals surface area contributed by atoms with Crippen LogP contribution in [0.1, 0.15) is 42.0 Å². The van der Waals surface area contributed by atoms with E-state index in [-0.39, 0.29) is 7.43 Å². The van der Waals surface area contributed by atoms with Crippen molar-refractivity contribution in [2.24, 2.45) is 0 Å². The van der Waals surface area contributed by atoms with E-state index < -0.39 is 0 Å². The molecular weight excluding hydrogens is 216 g/mol. The van der Waals surface area contributed by atoms with E-state index in [1.165, 1.54) is 0 Å². The summed E-state index contributed by atoms with van der Waals surface area (Å²) in [6.07, 6.45) is 13.2. The van der Waals surface area contributed by atoms with Crippen LogP contribution >= 0.6 is 0 Å². The van der Waals surface area contributed by atoms with Crippen molar-refractivity contribution >= 4 is 0 Å². The van der Waals surface area contributed by atoms with Gasteiger partial charge in [0.2, 0.25) is 0 Å². The molecule has 0 fully saturated rings. The molecule has 0 bridgehead atoms. The molecule has 0 N–H and O–H groups in total. The van der Waals surface area contributed by atoms with Gasteiger partial charge in [0.25, 0.3) is 0 Å². The van der Waals surface area contributed by atoms with E-state index in [1.807, 2.05) is 65.0 Å². The molecule has 0 unspecified atom stereocenters. The third-order valence-electron chi connectivity index (χ3n) is 1.57. The van der Waals surface area contributed by atoms with E-state index in [4.69, 9.17) is 0 Å². The van der Waals surface area contributed by atoms with Crippen molar-refractivity contribution in [2.45, 2.75) is 42.0 Å². The Morgan fingerprint density at radius 3 is 1.61 bits per heavy atom. The lowest BCUT2D eigenvalue weighted by molar-refractivity contribution is 1.50. The van der Waals surface area contributed by atoms with Crippen LogP contribution in [0.25, 0.3) is 0 Å². The first kappa shape index (κ1) is 25.3. The van der Waals surface area contributed by atoms with E-state index in [0.29, 0.717) is 0 Å². The Morgan fingerprint density at radius 2 is 1.33 bits per heavy atom. The van der Waals surface area contributed by atoms with Gasteiger partial charge in [0.15, 0.2) is 0 Å². The van der Waals surface area contributed by atoms with E-state index in [9.17, 15) is 0 Å². The molecule has 0 saturated heterocycles. The monoisotopic (exact) mass is 248 g/mol. The van der Waals surface area contributed by atoms with Crippen molar-refractivity contribution in [3.63, 3.8) is 0 Å². The molecule has 0 aliphatic rings. The van der Waals surface area contributed by atoms with Crippen LogP contribution in [0.2, 0.25) is 0 Å². The molecule has 0 spiro atoms. The van der Waals surface area contributed by atoms with Gasteiger partial charge in [0.1, 0.15) is 0 Å². The van der Waals surface area contributed by atoms with Crippen LogP contribution in [0.3, 0.4) is 0 Å². The quantitative estimate of drug-likeness (QED) is 0.477. The molecule has 18 heavy (non-hydrogen) atoms. The zero-order valence-corrected chi connectivity index (χ0v) is 12.2. The molecule has 0 radical (unpaired) electrons. The Bertz CT molecular complexity index is 272. The molecule has 0 nitrogen and oxygen atoms in total. The van der Waals surface area contributed by atoms with Gasteiger partial charge in [-0.05, 0) is 18.1 Å². The maximum atomic E-state index is 3.74. The lowest BCUT2D eigenvalue weighted by atomic mass is 10.1. The largest absolute Gasteiger partial charge is 0.0991 e.